The van der Waals surface area contributed by atoms with Crippen molar-refractivity contribution < 1.29 is 13.2 Å². The number of alkyl halides is 2. The van der Waals surface area contributed by atoms with E-state index in [2.05, 4.69) is 4.43 Å². The van der Waals surface area contributed by atoms with Crippen LogP contribution in [0.2, 0.25) is 0 Å². The van der Waals surface area contributed by atoms with Gasteiger partial charge in [-0.2, -0.15) is 8.78 Å². The van der Waals surface area contributed by atoms with Gasteiger partial charge in [0.15, 0.2) is 10.5 Å². The summed E-state index contributed by atoms with van der Waals surface area (Å²) in [6.07, 6.45) is -2.90. The highest BCUT2D eigenvalue weighted by Gasteiger charge is 2.31. The van der Waals surface area contributed by atoms with Crippen molar-refractivity contribution in [2.45, 2.75) is 20.0 Å². The minimum atomic E-state index is -2.90. The van der Waals surface area contributed by atoms with E-state index in [-0.39, 0.29) is 10.5 Å². The fourth-order valence-corrected chi connectivity index (χ4v) is 0.707. The van der Waals surface area contributed by atoms with Crippen LogP contribution >= 0.6 is 0 Å². The molecule has 0 aliphatic carbocycles. The van der Waals surface area contributed by atoms with Crippen LogP contribution in [0.4, 0.5) is 8.78 Å². The van der Waals surface area contributed by atoms with E-state index < -0.39 is 12.0 Å². The summed E-state index contributed by atoms with van der Waals surface area (Å²) < 4.78 is 28.2. The van der Waals surface area contributed by atoms with E-state index >= 15 is 0 Å². The first-order valence-electron chi connectivity index (χ1n) is 2.43. The molecule has 0 aromatic rings. The lowest BCUT2D eigenvalue weighted by atomic mass is 10.2. The third-order valence-electron chi connectivity index (χ3n) is 0.944. The van der Waals surface area contributed by atoms with Gasteiger partial charge in [-0.1, -0.05) is 13.8 Å². The van der Waals surface area contributed by atoms with E-state index in [0.717, 1.165) is 0 Å². The molecule has 0 saturated heterocycles. The second-order valence-electron chi connectivity index (χ2n) is 1.92. The summed E-state index contributed by atoms with van der Waals surface area (Å²) >= 11 is 0. The van der Waals surface area contributed by atoms with Crippen LogP contribution in [-0.4, -0.2) is 16.6 Å². The van der Waals surface area contributed by atoms with Crippen molar-refractivity contribution in [3.63, 3.8) is 0 Å². The standard InChI is InChI=1S/C4H10F2OSi/c1-3(2)4(5,6)7-8/h3H,1-2,8H3. The Morgan fingerprint density at radius 2 is 1.88 bits per heavy atom. The molecule has 0 aliphatic rings. The summed E-state index contributed by atoms with van der Waals surface area (Å²) in [5.41, 5.74) is 0. The number of halogens is 2. The number of rotatable bonds is 2. The van der Waals surface area contributed by atoms with Crippen LogP contribution in [0, 0.1) is 5.92 Å². The molecule has 0 unspecified atom stereocenters. The maximum absolute atomic E-state index is 12.1. The van der Waals surface area contributed by atoms with Gasteiger partial charge >= 0.3 is 6.11 Å². The third kappa shape index (κ3) is 1.88. The van der Waals surface area contributed by atoms with E-state index in [4.69, 9.17) is 0 Å². The zero-order valence-corrected chi connectivity index (χ0v) is 7.24. The third-order valence-corrected chi connectivity index (χ3v) is 1.49. The molecule has 0 rings (SSSR count). The minimum Gasteiger partial charge on any atom is -0.373 e. The maximum Gasteiger partial charge on any atom is 0.348 e. The Balaban J connectivity index is 3.71. The maximum atomic E-state index is 12.1. The van der Waals surface area contributed by atoms with E-state index in [1.54, 1.807) is 0 Å². The van der Waals surface area contributed by atoms with Crippen molar-refractivity contribution in [1.82, 2.24) is 0 Å². The predicted molar refractivity (Wildman–Crippen MR) is 30.8 cm³/mol. The molecule has 0 atom stereocenters. The van der Waals surface area contributed by atoms with Crippen LogP contribution < -0.4 is 0 Å². The molecule has 50 valence electrons. The molecule has 0 heterocycles. The Labute approximate surface area is 50.6 Å². The summed E-state index contributed by atoms with van der Waals surface area (Å²) in [4.78, 5) is 0. The van der Waals surface area contributed by atoms with Crippen LogP contribution in [0.15, 0.2) is 0 Å². The molecule has 0 fully saturated rings. The summed E-state index contributed by atoms with van der Waals surface area (Å²) in [7, 11) is 0.0952. The molecular formula is C4H10F2OSi. The predicted octanol–water partition coefficient (Wildman–Crippen LogP) is 0.532. The quantitative estimate of drug-likeness (QED) is 0.508. The second kappa shape index (κ2) is 2.55. The molecule has 0 amide bonds. The van der Waals surface area contributed by atoms with Crippen LogP contribution in [0.1, 0.15) is 13.8 Å². The fraction of sp³-hybridized carbons (Fsp3) is 1.00. The van der Waals surface area contributed by atoms with Gasteiger partial charge in [-0.3, -0.25) is 0 Å². The van der Waals surface area contributed by atoms with Crippen LogP contribution in [-0.2, 0) is 4.43 Å². The van der Waals surface area contributed by atoms with E-state index in [9.17, 15) is 8.78 Å². The average molecular weight is 140 g/mol. The summed E-state index contributed by atoms with van der Waals surface area (Å²) in [6.45, 7) is 2.86. The second-order valence-corrected chi connectivity index (χ2v) is 2.33. The van der Waals surface area contributed by atoms with E-state index in [1.807, 2.05) is 0 Å². The smallest absolute Gasteiger partial charge is 0.348 e. The molecular weight excluding hydrogens is 130 g/mol. The molecule has 4 heteroatoms. The Hall–Kier alpha value is 0.0369. The fourth-order valence-electron chi connectivity index (χ4n) is 0.236. The summed E-state index contributed by atoms with van der Waals surface area (Å²) in [6, 6.07) is 0. The average Bonchev–Trinajstić information content (AvgIpc) is 1.67. The molecule has 0 saturated carbocycles. The highest BCUT2D eigenvalue weighted by Crippen LogP contribution is 2.23. The number of hydrogen-bond acceptors (Lipinski definition) is 1. The van der Waals surface area contributed by atoms with Crippen molar-refractivity contribution in [1.29, 1.82) is 0 Å². The first-order valence-corrected chi connectivity index (χ1v) is 3.25. The Morgan fingerprint density at radius 3 is 1.88 bits per heavy atom. The lowest BCUT2D eigenvalue weighted by Crippen LogP contribution is -2.26. The van der Waals surface area contributed by atoms with E-state index in [1.165, 1.54) is 13.8 Å². The zero-order chi connectivity index (χ0) is 6.78. The summed E-state index contributed by atoms with van der Waals surface area (Å²) in [5.74, 6) is -0.708. The molecule has 0 aromatic heterocycles. The van der Waals surface area contributed by atoms with Crippen molar-refractivity contribution >= 4 is 10.5 Å². The molecule has 0 aromatic carbocycles. The molecule has 1 nitrogen and oxygen atoms in total. The summed E-state index contributed by atoms with van der Waals surface area (Å²) in [5, 5.41) is 0. The van der Waals surface area contributed by atoms with Crippen molar-refractivity contribution in [2.24, 2.45) is 5.92 Å². The van der Waals surface area contributed by atoms with E-state index in [0.29, 0.717) is 0 Å². The highest BCUT2D eigenvalue weighted by molar-refractivity contribution is 5.98. The lowest BCUT2D eigenvalue weighted by Gasteiger charge is -2.17. The molecule has 0 N–H and O–H groups in total. The van der Waals surface area contributed by atoms with Crippen LogP contribution in [0.5, 0.6) is 0 Å². The molecule has 0 aliphatic heterocycles. The van der Waals surface area contributed by atoms with Gasteiger partial charge in [-0.05, 0) is 0 Å². The van der Waals surface area contributed by atoms with Gasteiger partial charge in [0.2, 0.25) is 0 Å². The lowest BCUT2D eigenvalue weighted by molar-refractivity contribution is -0.205. The van der Waals surface area contributed by atoms with Gasteiger partial charge in [0.05, 0.1) is 0 Å². The van der Waals surface area contributed by atoms with Crippen LogP contribution in [0.25, 0.3) is 0 Å². The normalized spacial score (nSPS) is 13.1. The van der Waals surface area contributed by atoms with Gasteiger partial charge in [-0.15, -0.1) is 0 Å². The first-order chi connectivity index (χ1) is 3.50. The van der Waals surface area contributed by atoms with Crippen LogP contribution in [0.3, 0.4) is 0 Å². The topological polar surface area (TPSA) is 9.23 Å². The van der Waals surface area contributed by atoms with Gasteiger partial charge in [0.1, 0.15) is 0 Å². The highest BCUT2D eigenvalue weighted by atomic mass is 28.2. The van der Waals surface area contributed by atoms with Gasteiger partial charge in [0, 0.05) is 5.92 Å². The van der Waals surface area contributed by atoms with Gasteiger partial charge in [0.25, 0.3) is 0 Å². The Bertz CT molecular complexity index is 74.4. The Kier molecular flexibility index (Phi) is 2.56. The number of hydrogen-bond donors (Lipinski definition) is 0. The van der Waals surface area contributed by atoms with Gasteiger partial charge in [-0.25, -0.2) is 0 Å². The minimum absolute atomic E-state index is 0.0952. The molecule has 8 heavy (non-hydrogen) atoms. The Morgan fingerprint density at radius 1 is 1.50 bits per heavy atom. The molecule has 0 bridgehead atoms. The van der Waals surface area contributed by atoms with Crippen molar-refractivity contribution in [2.75, 3.05) is 0 Å². The molecule has 0 spiro atoms. The SMILES string of the molecule is CC(C)C(F)(F)O[SiH3]. The molecule has 0 radical (unpaired) electrons. The first kappa shape index (κ1) is 8.04. The van der Waals surface area contributed by atoms with Gasteiger partial charge < -0.3 is 4.43 Å². The monoisotopic (exact) mass is 140 g/mol. The van der Waals surface area contributed by atoms with Crippen molar-refractivity contribution in [3.05, 3.63) is 0 Å². The largest absolute Gasteiger partial charge is 0.373 e. The zero-order valence-electron chi connectivity index (χ0n) is 5.24. The van der Waals surface area contributed by atoms with Crippen molar-refractivity contribution in [3.8, 4) is 0 Å².